The van der Waals surface area contributed by atoms with Crippen molar-refractivity contribution in [2.24, 2.45) is 0 Å². The molecule has 26 heavy (non-hydrogen) atoms. The molecule has 0 bridgehead atoms. The molecule has 0 saturated carbocycles. The van der Waals surface area contributed by atoms with Crippen LogP contribution in [-0.4, -0.2) is 60.5 Å². The molecule has 1 aromatic rings. The third-order valence-electron chi connectivity index (χ3n) is 4.71. The van der Waals surface area contributed by atoms with Gasteiger partial charge < -0.3 is 20.5 Å². The normalized spacial score (nSPS) is 16.3. The Kier molecular flexibility index (Phi) is 7.55. The van der Waals surface area contributed by atoms with Gasteiger partial charge in [0.05, 0.1) is 0 Å². The average molecular weight is 384 g/mol. The average Bonchev–Trinajstić information content (AvgIpc) is 3.15. The molecule has 1 aliphatic rings. The molecule has 1 fully saturated rings. The number of benzene rings is 1. The summed E-state index contributed by atoms with van der Waals surface area (Å²) in [6, 6.07) is 5.05. The molecule has 146 valence electrons. The van der Waals surface area contributed by atoms with E-state index in [1.54, 1.807) is 12.1 Å². The van der Waals surface area contributed by atoms with Crippen LogP contribution in [0.5, 0.6) is 5.75 Å². The smallest absolute Gasteiger partial charge is 0.314 e. The molecule has 2 amide bonds. The molecular weight excluding hydrogens is 354 g/mol. The first kappa shape index (κ1) is 20.8. The zero-order chi connectivity index (χ0) is 19.2. The van der Waals surface area contributed by atoms with Crippen LogP contribution in [-0.2, 0) is 0 Å². The maximum absolute atomic E-state index is 12.0. The van der Waals surface area contributed by atoms with E-state index in [-0.39, 0.29) is 24.7 Å². The number of rotatable bonds is 8. The molecule has 2 rings (SSSR count). The minimum Gasteiger partial charge on any atom is -0.491 e. The van der Waals surface area contributed by atoms with Crippen molar-refractivity contribution < 1.29 is 14.6 Å². The topological polar surface area (TPSA) is 73.8 Å². The van der Waals surface area contributed by atoms with Crippen molar-refractivity contribution in [3.63, 3.8) is 0 Å². The summed E-state index contributed by atoms with van der Waals surface area (Å²) >= 11 is 5.97. The Hall–Kier alpha value is -1.50. The number of hydrogen-bond acceptors (Lipinski definition) is 4. The fourth-order valence-corrected chi connectivity index (χ4v) is 3.08. The fourth-order valence-electron chi connectivity index (χ4n) is 2.96. The molecule has 0 unspecified atom stereocenters. The van der Waals surface area contributed by atoms with Crippen LogP contribution in [0.3, 0.4) is 0 Å². The molecule has 0 aromatic heterocycles. The van der Waals surface area contributed by atoms with E-state index in [2.05, 4.69) is 29.4 Å². The van der Waals surface area contributed by atoms with Crippen LogP contribution in [0.25, 0.3) is 0 Å². The third kappa shape index (κ3) is 6.34. The predicted molar refractivity (Wildman–Crippen MR) is 104 cm³/mol. The highest BCUT2D eigenvalue weighted by Gasteiger charge is 2.29. The molecule has 0 spiro atoms. The second kappa shape index (κ2) is 9.44. The summed E-state index contributed by atoms with van der Waals surface area (Å²) in [6.45, 7) is 9.11. The number of urea groups is 1. The standard InChI is InChI=1S/C19H30ClN3O3/c1-14-10-16(6-7-17(14)20)26-12-15(24)11-21-18(25)22-13-19(2,3)23-8-4-5-9-23/h6-7,10,15,24H,4-5,8-9,11-13H2,1-3H3,(H2,21,22,25)/t15-/m0/s1. The van der Waals surface area contributed by atoms with E-state index in [1.165, 1.54) is 12.8 Å². The Morgan fingerprint density at radius 1 is 1.35 bits per heavy atom. The molecule has 0 aliphatic carbocycles. The van der Waals surface area contributed by atoms with Crippen molar-refractivity contribution in [1.82, 2.24) is 15.5 Å². The number of nitrogens with one attached hydrogen (secondary N) is 2. The number of aryl methyl sites for hydroxylation is 1. The third-order valence-corrected chi connectivity index (χ3v) is 5.14. The van der Waals surface area contributed by atoms with Gasteiger partial charge in [-0.1, -0.05) is 11.6 Å². The maximum atomic E-state index is 12.0. The zero-order valence-corrected chi connectivity index (χ0v) is 16.6. The number of amides is 2. The summed E-state index contributed by atoms with van der Waals surface area (Å²) < 4.78 is 5.53. The first-order valence-electron chi connectivity index (χ1n) is 9.12. The van der Waals surface area contributed by atoms with Gasteiger partial charge in [0.15, 0.2) is 0 Å². The lowest BCUT2D eigenvalue weighted by Gasteiger charge is -2.35. The first-order valence-corrected chi connectivity index (χ1v) is 9.49. The Morgan fingerprint density at radius 3 is 2.69 bits per heavy atom. The summed E-state index contributed by atoms with van der Waals surface area (Å²) in [5.41, 5.74) is 0.846. The van der Waals surface area contributed by atoms with Gasteiger partial charge in [-0.3, -0.25) is 4.90 Å². The lowest BCUT2D eigenvalue weighted by molar-refractivity contribution is 0.107. The van der Waals surface area contributed by atoms with Crippen molar-refractivity contribution in [3.8, 4) is 5.75 Å². The summed E-state index contributed by atoms with van der Waals surface area (Å²) in [4.78, 5) is 14.4. The van der Waals surface area contributed by atoms with Gasteiger partial charge >= 0.3 is 6.03 Å². The summed E-state index contributed by atoms with van der Waals surface area (Å²) in [7, 11) is 0. The second-order valence-corrected chi connectivity index (χ2v) is 7.85. The minimum absolute atomic E-state index is 0.0675. The monoisotopic (exact) mass is 383 g/mol. The SMILES string of the molecule is Cc1cc(OC[C@@H](O)CNC(=O)NCC(C)(C)N2CCCC2)ccc1Cl. The van der Waals surface area contributed by atoms with Gasteiger partial charge in [-0.25, -0.2) is 4.79 Å². The van der Waals surface area contributed by atoms with Crippen molar-refractivity contribution in [1.29, 1.82) is 0 Å². The Morgan fingerprint density at radius 2 is 2.04 bits per heavy atom. The van der Waals surface area contributed by atoms with Crippen LogP contribution in [0.1, 0.15) is 32.3 Å². The highest BCUT2D eigenvalue weighted by molar-refractivity contribution is 6.31. The van der Waals surface area contributed by atoms with Gasteiger partial charge in [-0.2, -0.15) is 0 Å². The number of carbonyl (C=O) groups excluding carboxylic acids is 1. The number of carbonyl (C=O) groups is 1. The van der Waals surface area contributed by atoms with Crippen molar-refractivity contribution in [3.05, 3.63) is 28.8 Å². The quantitative estimate of drug-likeness (QED) is 0.645. The highest BCUT2D eigenvalue weighted by atomic mass is 35.5. The number of aliphatic hydroxyl groups excluding tert-OH is 1. The van der Waals surface area contributed by atoms with E-state index in [4.69, 9.17) is 16.3 Å². The Bertz CT molecular complexity index is 604. The number of nitrogens with zero attached hydrogens (tertiary/aromatic N) is 1. The molecule has 6 nitrogen and oxygen atoms in total. The van der Waals surface area contributed by atoms with Crippen LogP contribution in [0.2, 0.25) is 5.02 Å². The predicted octanol–water partition coefficient (Wildman–Crippen LogP) is 2.56. The van der Waals surface area contributed by atoms with Crippen LogP contribution in [0.15, 0.2) is 18.2 Å². The van der Waals surface area contributed by atoms with Gasteiger partial charge in [0.1, 0.15) is 18.5 Å². The van der Waals surface area contributed by atoms with Crippen molar-refractivity contribution in [2.75, 3.05) is 32.8 Å². The minimum atomic E-state index is -0.789. The van der Waals surface area contributed by atoms with Crippen LogP contribution >= 0.6 is 11.6 Å². The van der Waals surface area contributed by atoms with E-state index < -0.39 is 6.10 Å². The Labute approximate surface area is 160 Å². The number of ether oxygens (including phenoxy) is 1. The summed E-state index contributed by atoms with van der Waals surface area (Å²) in [6.07, 6.45) is 1.65. The molecule has 1 saturated heterocycles. The van der Waals surface area contributed by atoms with E-state index in [1.807, 2.05) is 13.0 Å². The number of halogens is 1. The van der Waals surface area contributed by atoms with Gasteiger partial charge in [0, 0.05) is 23.7 Å². The van der Waals surface area contributed by atoms with Gasteiger partial charge in [-0.15, -0.1) is 0 Å². The molecule has 1 aromatic carbocycles. The molecule has 1 heterocycles. The Balaban J connectivity index is 1.65. The lowest BCUT2D eigenvalue weighted by atomic mass is 10.0. The largest absolute Gasteiger partial charge is 0.491 e. The zero-order valence-electron chi connectivity index (χ0n) is 15.8. The van der Waals surface area contributed by atoms with E-state index >= 15 is 0 Å². The van der Waals surface area contributed by atoms with E-state index in [0.717, 1.165) is 18.7 Å². The maximum Gasteiger partial charge on any atom is 0.314 e. The molecular formula is C19H30ClN3O3. The number of likely N-dealkylation sites (tertiary alicyclic amines) is 1. The van der Waals surface area contributed by atoms with Crippen LogP contribution < -0.4 is 15.4 Å². The fraction of sp³-hybridized carbons (Fsp3) is 0.632. The first-order chi connectivity index (χ1) is 12.3. The van der Waals surface area contributed by atoms with Gasteiger partial charge in [-0.05, 0) is 70.5 Å². The summed E-state index contributed by atoms with van der Waals surface area (Å²) in [5.74, 6) is 0.641. The molecule has 0 radical (unpaired) electrons. The van der Waals surface area contributed by atoms with Gasteiger partial charge in [0.25, 0.3) is 0 Å². The molecule has 1 aliphatic heterocycles. The van der Waals surface area contributed by atoms with Crippen molar-refractivity contribution >= 4 is 17.6 Å². The molecule has 3 N–H and O–H groups in total. The summed E-state index contributed by atoms with van der Waals surface area (Å²) in [5, 5.41) is 16.2. The van der Waals surface area contributed by atoms with Crippen molar-refractivity contribution in [2.45, 2.75) is 45.3 Å². The second-order valence-electron chi connectivity index (χ2n) is 7.45. The number of hydrogen-bond donors (Lipinski definition) is 3. The lowest BCUT2D eigenvalue weighted by Crippen LogP contribution is -2.52. The highest BCUT2D eigenvalue weighted by Crippen LogP contribution is 2.21. The molecule has 1 atom stereocenters. The van der Waals surface area contributed by atoms with Crippen LogP contribution in [0.4, 0.5) is 4.79 Å². The van der Waals surface area contributed by atoms with Gasteiger partial charge in [0.2, 0.25) is 0 Å². The molecule has 7 heteroatoms. The van der Waals surface area contributed by atoms with Crippen LogP contribution in [0, 0.1) is 6.92 Å². The van der Waals surface area contributed by atoms with E-state index in [9.17, 15) is 9.90 Å². The number of aliphatic hydroxyl groups is 1. The van der Waals surface area contributed by atoms with E-state index in [0.29, 0.717) is 17.3 Å².